The lowest BCUT2D eigenvalue weighted by molar-refractivity contribution is 0.186. The SMILES string of the molecule is COC(=O)Nc1nc(NCc2cc(C)on2)c2c(n1)c(Br)nn2Cc1ccc(C#N)cc1OC. The first-order chi connectivity index (χ1) is 16.4. The zero-order valence-electron chi connectivity index (χ0n) is 18.4. The Bertz CT molecular complexity index is 1410. The van der Waals surface area contributed by atoms with Crippen molar-refractivity contribution in [2.45, 2.75) is 20.0 Å². The van der Waals surface area contributed by atoms with Gasteiger partial charge in [0, 0.05) is 11.6 Å². The minimum absolute atomic E-state index is 0.0365. The van der Waals surface area contributed by atoms with E-state index in [0.717, 1.165) is 5.56 Å². The second kappa shape index (κ2) is 9.75. The maximum absolute atomic E-state index is 11.7. The van der Waals surface area contributed by atoms with Crippen LogP contribution in [0, 0.1) is 18.3 Å². The van der Waals surface area contributed by atoms with E-state index in [2.05, 4.69) is 57.6 Å². The fourth-order valence-corrected chi connectivity index (χ4v) is 3.73. The van der Waals surface area contributed by atoms with Crippen LogP contribution in [0.5, 0.6) is 5.75 Å². The van der Waals surface area contributed by atoms with Crippen LogP contribution in [0.15, 0.2) is 33.4 Å². The van der Waals surface area contributed by atoms with Crippen LogP contribution in [-0.2, 0) is 17.8 Å². The second-order valence-electron chi connectivity index (χ2n) is 7.08. The lowest BCUT2D eigenvalue weighted by atomic mass is 10.1. The number of carbonyl (C=O) groups excluding carboxylic acids is 1. The van der Waals surface area contributed by atoms with Gasteiger partial charge in [0.15, 0.2) is 10.4 Å². The van der Waals surface area contributed by atoms with Crippen molar-refractivity contribution < 1.29 is 18.8 Å². The number of benzene rings is 1. The summed E-state index contributed by atoms with van der Waals surface area (Å²) in [6.07, 6.45) is -0.705. The third-order valence-electron chi connectivity index (χ3n) is 4.80. The third-order valence-corrected chi connectivity index (χ3v) is 5.33. The number of rotatable bonds is 7. The Balaban J connectivity index is 1.78. The lowest BCUT2D eigenvalue weighted by Crippen LogP contribution is -2.15. The Morgan fingerprint density at radius 2 is 2.12 bits per heavy atom. The van der Waals surface area contributed by atoms with Gasteiger partial charge in [-0.15, -0.1) is 0 Å². The minimum atomic E-state index is -0.705. The molecule has 1 amide bonds. The molecule has 0 unspecified atom stereocenters. The molecule has 34 heavy (non-hydrogen) atoms. The summed E-state index contributed by atoms with van der Waals surface area (Å²) in [6, 6.07) is 9.07. The largest absolute Gasteiger partial charge is 0.496 e. The summed E-state index contributed by atoms with van der Waals surface area (Å²) in [5, 5.41) is 23.4. The number of halogens is 1. The molecule has 0 spiro atoms. The highest BCUT2D eigenvalue weighted by Gasteiger charge is 2.20. The average molecular weight is 527 g/mol. The summed E-state index contributed by atoms with van der Waals surface area (Å²) in [7, 11) is 2.79. The minimum Gasteiger partial charge on any atom is -0.496 e. The number of hydrogen-bond acceptors (Lipinski definition) is 10. The first-order valence-electron chi connectivity index (χ1n) is 9.94. The quantitative estimate of drug-likeness (QED) is 0.365. The van der Waals surface area contributed by atoms with Gasteiger partial charge in [0.1, 0.15) is 28.2 Å². The monoisotopic (exact) mass is 526 g/mol. The van der Waals surface area contributed by atoms with E-state index in [1.54, 1.807) is 35.9 Å². The van der Waals surface area contributed by atoms with Crippen molar-refractivity contribution in [3.8, 4) is 11.8 Å². The summed E-state index contributed by atoms with van der Waals surface area (Å²) in [5.41, 5.74) is 3.00. The van der Waals surface area contributed by atoms with Crippen molar-refractivity contribution in [2.24, 2.45) is 0 Å². The molecule has 0 aliphatic rings. The molecule has 1 aromatic carbocycles. The van der Waals surface area contributed by atoms with Gasteiger partial charge in [0.2, 0.25) is 5.95 Å². The average Bonchev–Trinajstić information content (AvgIpc) is 3.40. The molecular formula is C21H19BrN8O4. The van der Waals surface area contributed by atoms with E-state index in [1.165, 1.54) is 14.2 Å². The molecule has 0 aliphatic heterocycles. The van der Waals surface area contributed by atoms with Crippen molar-refractivity contribution in [3.05, 3.63) is 51.4 Å². The predicted octanol–water partition coefficient (Wildman–Crippen LogP) is 3.60. The molecule has 0 bridgehead atoms. The number of amides is 1. The van der Waals surface area contributed by atoms with E-state index in [0.29, 0.717) is 57.3 Å². The number of nitrogens with zero attached hydrogens (tertiary/aromatic N) is 6. The van der Waals surface area contributed by atoms with Gasteiger partial charge in [-0.1, -0.05) is 11.2 Å². The zero-order chi connectivity index (χ0) is 24.2. The van der Waals surface area contributed by atoms with Crippen LogP contribution in [0.4, 0.5) is 16.6 Å². The maximum atomic E-state index is 11.7. The normalized spacial score (nSPS) is 10.7. The van der Waals surface area contributed by atoms with E-state index in [1.807, 2.05) is 0 Å². The molecular weight excluding hydrogens is 508 g/mol. The number of anilines is 2. The van der Waals surface area contributed by atoms with Gasteiger partial charge in [0.05, 0.1) is 38.9 Å². The summed E-state index contributed by atoms with van der Waals surface area (Å²) in [5.74, 6) is 1.67. The molecule has 3 heterocycles. The van der Waals surface area contributed by atoms with Crippen LogP contribution in [0.1, 0.15) is 22.6 Å². The lowest BCUT2D eigenvalue weighted by Gasteiger charge is -2.12. The van der Waals surface area contributed by atoms with E-state index in [-0.39, 0.29) is 5.95 Å². The van der Waals surface area contributed by atoms with Gasteiger partial charge >= 0.3 is 6.09 Å². The molecule has 0 fully saturated rings. The molecule has 3 aromatic heterocycles. The molecule has 4 aromatic rings. The molecule has 0 aliphatic carbocycles. The Labute approximate surface area is 202 Å². The van der Waals surface area contributed by atoms with Gasteiger partial charge in [0.25, 0.3) is 0 Å². The highest BCUT2D eigenvalue weighted by molar-refractivity contribution is 9.10. The molecule has 12 nitrogen and oxygen atoms in total. The summed E-state index contributed by atoms with van der Waals surface area (Å²) < 4.78 is 17.4. The molecule has 0 radical (unpaired) electrons. The number of hydrogen-bond donors (Lipinski definition) is 2. The Morgan fingerprint density at radius 3 is 2.79 bits per heavy atom. The van der Waals surface area contributed by atoms with Crippen molar-refractivity contribution in [2.75, 3.05) is 24.9 Å². The van der Waals surface area contributed by atoms with Crippen LogP contribution < -0.4 is 15.4 Å². The number of fused-ring (bicyclic) bond motifs is 1. The first-order valence-corrected chi connectivity index (χ1v) is 10.7. The Hall–Kier alpha value is -4.18. The first kappa shape index (κ1) is 23.0. The smallest absolute Gasteiger partial charge is 0.413 e. The number of ether oxygens (including phenoxy) is 2. The summed E-state index contributed by atoms with van der Waals surface area (Å²) >= 11 is 3.44. The number of aromatic nitrogens is 5. The van der Waals surface area contributed by atoms with Gasteiger partial charge in [-0.05, 0) is 35.0 Å². The predicted molar refractivity (Wildman–Crippen MR) is 124 cm³/mol. The molecule has 4 rings (SSSR count). The van der Waals surface area contributed by atoms with E-state index < -0.39 is 6.09 Å². The van der Waals surface area contributed by atoms with E-state index >= 15 is 0 Å². The molecule has 174 valence electrons. The van der Waals surface area contributed by atoms with Crippen molar-refractivity contribution in [3.63, 3.8) is 0 Å². The van der Waals surface area contributed by atoms with E-state index in [4.69, 9.17) is 9.26 Å². The van der Waals surface area contributed by atoms with Gasteiger partial charge in [-0.2, -0.15) is 15.3 Å². The number of methoxy groups -OCH3 is 2. The van der Waals surface area contributed by atoms with Crippen LogP contribution >= 0.6 is 15.9 Å². The second-order valence-corrected chi connectivity index (χ2v) is 7.83. The van der Waals surface area contributed by atoms with Crippen LogP contribution in [0.25, 0.3) is 11.0 Å². The molecule has 0 saturated heterocycles. The Kier molecular flexibility index (Phi) is 6.60. The Morgan fingerprint density at radius 1 is 1.29 bits per heavy atom. The van der Waals surface area contributed by atoms with Gasteiger partial charge < -0.3 is 19.3 Å². The maximum Gasteiger partial charge on any atom is 0.413 e. The summed E-state index contributed by atoms with van der Waals surface area (Å²) in [4.78, 5) is 20.6. The van der Waals surface area contributed by atoms with Crippen molar-refractivity contribution >= 4 is 44.8 Å². The number of aryl methyl sites for hydroxylation is 1. The van der Waals surface area contributed by atoms with E-state index in [9.17, 15) is 10.1 Å². The fraction of sp³-hybridized carbons (Fsp3) is 0.238. The molecule has 2 N–H and O–H groups in total. The van der Waals surface area contributed by atoms with Crippen LogP contribution in [0.3, 0.4) is 0 Å². The molecule has 0 atom stereocenters. The highest BCUT2D eigenvalue weighted by Crippen LogP contribution is 2.30. The topological polar surface area (TPSA) is 153 Å². The van der Waals surface area contributed by atoms with Crippen molar-refractivity contribution in [1.29, 1.82) is 5.26 Å². The van der Waals surface area contributed by atoms with Crippen molar-refractivity contribution in [1.82, 2.24) is 24.9 Å². The van der Waals surface area contributed by atoms with Crippen LogP contribution in [0.2, 0.25) is 0 Å². The molecule has 13 heteroatoms. The summed E-state index contributed by atoms with van der Waals surface area (Å²) in [6.45, 7) is 2.42. The zero-order valence-corrected chi connectivity index (χ0v) is 20.0. The number of carbonyl (C=O) groups is 1. The standard InChI is InChI=1S/C21H19BrN8O4/c1-11-6-14(29-34-11)9-24-19-17-16(25-20(26-19)27-21(31)33-3)18(22)28-30(17)10-13-5-4-12(8-23)7-15(13)32-2/h4-7H,9-10H2,1-3H3,(H2,24,25,26,27,31). The van der Waals surface area contributed by atoms with Gasteiger partial charge in [-0.3, -0.25) is 10.00 Å². The van der Waals surface area contributed by atoms with Crippen LogP contribution in [-0.4, -0.2) is 45.2 Å². The fourth-order valence-electron chi connectivity index (χ4n) is 3.26. The third kappa shape index (κ3) is 4.76. The van der Waals surface area contributed by atoms with Gasteiger partial charge in [-0.25, -0.2) is 9.78 Å². The highest BCUT2D eigenvalue weighted by atomic mass is 79.9. The number of nitrogens with one attached hydrogen (secondary N) is 2. The number of nitriles is 1. The molecule has 0 saturated carbocycles.